The first kappa shape index (κ1) is 26.3. The Morgan fingerprint density at radius 3 is 2.40 bits per heavy atom. The number of aryl methyl sites for hydroxylation is 1. The van der Waals surface area contributed by atoms with Crippen molar-refractivity contribution in [2.75, 3.05) is 36.4 Å². The molecule has 2 aromatic carbocycles. The highest BCUT2D eigenvalue weighted by molar-refractivity contribution is 7.92. The Kier molecular flexibility index (Phi) is 8.61. The second-order valence-electron chi connectivity index (χ2n) is 8.25. The van der Waals surface area contributed by atoms with Crippen LogP contribution in [-0.2, 0) is 26.2 Å². The largest absolute Gasteiger partial charge is 0.486 e. The molecule has 1 heterocycles. The van der Waals surface area contributed by atoms with E-state index in [1.165, 1.54) is 11.8 Å². The van der Waals surface area contributed by atoms with Crippen LogP contribution in [0.1, 0.15) is 31.9 Å². The zero-order chi connectivity index (χ0) is 25.6. The Labute approximate surface area is 207 Å². The van der Waals surface area contributed by atoms with Crippen molar-refractivity contribution in [1.82, 2.24) is 10.2 Å². The predicted molar refractivity (Wildman–Crippen MR) is 134 cm³/mol. The van der Waals surface area contributed by atoms with E-state index in [-0.39, 0.29) is 18.2 Å². The van der Waals surface area contributed by atoms with Gasteiger partial charge in [-0.3, -0.25) is 13.9 Å². The maximum atomic E-state index is 13.6. The molecule has 0 aromatic heterocycles. The fourth-order valence-corrected chi connectivity index (χ4v) is 4.84. The molecule has 35 heavy (non-hydrogen) atoms. The summed E-state index contributed by atoms with van der Waals surface area (Å²) in [5.74, 6) is -0.0490. The Morgan fingerprint density at radius 1 is 1.06 bits per heavy atom. The lowest BCUT2D eigenvalue weighted by Gasteiger charge is -2.32. The topological polar surface area (TPSA) is 105 Å². The van der Waals surface area contributed by atoms with Crippen LogP contribution in [0.2, 0.25) is 0 Å². The third-order valence-electron chi connectivity index (χ3n) is 5.91. The molecule has 0 bridgehead atoms. The number of fused-ring (bicyclic) bond motifs is 1. The van der Waals surface area contributed by atoms with Gasteiger partial charge >= 0.3 is 0 Å². The summed E-state index contributed by atoms with van der Waals surface area (Å²) in [6.45, 7) is 7.79. The number of rotatable bonds is 10. The van der Waals surface area contributed by atoms with Gasteiger partial charge in [-0.2, -0.15) is 0 Å². The van der Waals surface area contributed by atoms with Crippen molar-refractivity contribution in [2.24, 2.45) is 0 Å². The van der Waals surface area contributed by atoms with Crippen LogP contribution in [0.15, 0.2) is 42.5 Å². The highest BCUT2D eigenvalue weighted by Crippen LogP contribution is 2.35. The molecule has 0 saturated heterocycles. The van der Waals surface area contributed by atoms with Gasteiger partial charge in [-0.25, -0.2) is 8.42 Å². The first-order chi connectivity index (χ1) is 16.7. The number of ether oxygens (including phenoxy) is 2. The SMILES string of the molecule is CCNC(=O)C(C)N(Cc1ccccc1C)C(=O)CN(c1ccc2c(c1)OCCO2)S(=O)(=O)CC. The van der Waals surface area contributed by atoms with Crippen LogP contribution in [0.3, 0.4) is 0 Å². The van der Waals surface area contributed by atoms with Crippen LogP contribution in [0, 0.1) is 6.92 Å². The number of carbonyl (C=O) groups excluding carboxylic acids is 2. The van der Waals surface area contributed by atoms with Crippen molar-refractivity contribution in [2.45, 2.75) is 40.3 Å². The van der Waals surface area contributed by atoms with Gasteiger partial charge in [0.25, 0.3) is 0 Å². The molecule has 0 saturated carbocycles. The summed E-state index contributed by atoms with van der Waals surface area (Å²) >= 11 is 0. The first-order valence-electron chi connectivity index (χ1n) is 11.7. The standard InChI is InChI=1S/C25H33N3O6S/c1-5-26-25(30)19(4)27(16-20-10-8-7-9-18(20)3)24(29)17-28(35(31,32)6-2)21-11-12-22-23(15-21)34-14-13-33-22/h7-12,15,19H,5-6,13-14,16-17H2,1-4H3,(H,26,30). The van der Waals surface area contributed by atoms with Crippen LogP contribution in [-0.4, -0.2) is 63.2 Å². The van der Waals surface area contributed by atoms with E-state index in [0.29, 0.717) is 36.9 Å². The smallest absolute Gasteiger partial charge is 0.244 e. The van der Waals surface area contributed by atoms with Crippen LogP contribution >= 0.6 is 0 Å². The number of carbonyl (C=O) groups is 2. The van der Waals surface area contributed by atoms with Gasteiger partial charge in [0.05, 0.1) is 11.4 Å². The minimum atomic E-state index is -3.82. The molecule has 1 aliphatic rings. The van der Waals surface area contributed by atoms with E-state index in [2.05, 4.69) is 5.32 Å². The van der Waals surface area contributed by atoms with E-state index < -0.39 is 28.5 Å². The summed E-state index contributed by atoms with van der Waals surface area (Å²) in [6.07, 6.45) is 0. The maximum absolute atomic E-state index is 13.6. The van der Waals surface area contributed by atoms with Crippen molar-refractivity contribution in [3.05, 3.63) is 53.6 Å². The van der Waals surface area contributed by atoms with Crippen molar-refractivity contribution < 1.29 is 27.5 Å². The van der Waals surface area contributed by atoms with Gasteiger partial charge in [-0.1, -0.05) is 24.3 Å². The van der Waals surface area contributed by atoms with Crippen molar-refractivity contribution in [1.29, 1.82) is 0 Å². The van der Waals surface area contributed by atoms with E-state index in [9.17, 15) is 18.0 Å². The molecule has 1 N–H and O–H groups in total. The zero-order valence-electron chi connectivity index (χ0n) is 20.6. The third-order valence-corrected chi connectivity index (χ3v) is 7.65. The normalized spacial score (nSPS) is 13.6. The minimum absolute atomic E-state index is 0.172. The predicted octanol–water partition coefficient (Wildman–Crippen LogP) is 2.48. The number of anilines is 1. The Bertz CT molecular complexity index is 1170. The quantitative estimate of drug-likeness (QED) is 0.534. The molecule has 0 fully saturated rings. The Balaban J connectivity index is 1.96. The van der Waals surface area contributed by atoms with E-state index in [0.717, 1.165) is 15.4 Å². The molecule has 0 aliphatic carbocycles. The highest BCUT2D eigenvalue weighted by atomic mass is 32.2. The number of hydrogen-bond acceptors (Lipinski definition) is 6. The van der Waals surface area contributed by atoms with Gasteiger partial charge in [0.1, 0.15) is 25.8 Å². The number of hydrogen-bond donors (Lipinski definition) is 1. The average molecular weight is 504 g/mol. The van der Waals surface area contributed by atoms with Crippen LogP contribution < -0.4 is 19.1 Å². The summed E-state index contributed by atoms with van der Waals surface area (Å²) < 4.78 is 38.3. The van der Waals surface area contributed by atoms with E-state index in [1.807, 2.05) is 31.2 Å². The summed E-state index contributed by atoms with van der Waals surface area (Å²) in [7, 11) is -3.82. The lowest BCUT2D eigenvalue weighted by Crippen LogP contribution is -2.51. The van der Waals surface area contributed by atoms with Crippen molar-refractivity contribution in [3.8, 4) is 11.5 Å². The Hall–Kier alpha value is -3.27. The van der Waals surface area contributed by atoms with E-state index >= 15 is 0 Å². The molecular formula is C25H33N3O6S. The molecule has 0 spiro atoms. The number of likely N-dealkylation sites (N-methyl/N-ethyl adjacent to an activating group) is 1. The van der Waals surface area contributed by atoms with Crippen LogP contribution in [0.25, 0.3) is 0 Å². The molecule has 1 atom stereocenters. The first-order valence-corrected chi connectivity index (χ1v) is 13.3. The zero-order valence-corrected chi connectivity index (χ0v) is 21.4. The highest BCUT2D eigenvalue weighted by Gasteiger charge is 2.31. The molecular weight excluding hydrogens is 470 g/mol. The summed E-state index contributed by atoms with van der Waals surface area (Å²) in [5, 5.41) is 2.75. The molecule has 1 unspecified atom stereocenters. The third kappa shape index (κ3) is 6.25. The van der Waals surface area contributed by atoms with Gasteiger partial charge < -0.3 is 19.7 Å². The number of nitrogens with zero attached hydrogens (tertiary/aromatic N) is 2. The second-order valence-corrected chi connectivity index (χ2v) is 10.4. The van der Waals surface area contributed by atoms with Gasteiger partial charge in [-0.15, -0.1) is 0 Å². The van der Waals surface area contributed by atoms with E-state index in [1.54, 1.807) is 32.0 Å². The molecule has 2 amide bonds. The molecule has 190 valence electrons. The molecule has 3 rings (SSSR count). The molecule has 10 heteroatoms. The molecule has 9 nitrogen and oxygen atoms in total. The molecule has 1 aliphatic heterocycles. The summed E-state index contributed by atoms with van der Waals surface area (Å²) in [4.78, 5) is 27.7. The molecule has 2 aromatic rings. The fraction of sp³-hybridized carbons (Fsp3) is 0.440. The Morgan fingerprint density at radius 2 is 1.74 bits per heavy atom. The van der Waals surface area contributed by atoms with Gasteiger partial charge in [0.2, 0.25) is 21.8 Å². The fourth-order valence-electron chi connectivity index (χ4n) is 3.78. The summed E-state index contributed by atoms with van der Waals surface area (Å²) in [6, 6.07) is 11.6. The van der Waals surface area contributed by atoms with Crippen LogP contribution in [0.5, 0.6) is 11.5 Å². The number of nitrogens with one attached hydrogen (secondary N) is 1. The lowest BCUT2D eigenvalue weighted by molar-refractivity contribution is -0.139. The number of amides is 2. The number of sulfonamides is 1. The van der Waals surface area contributed by atoms with Crippen LogP contribution in [0.4, 0.5) is 5.69 Å². The van der Waals surface area contributed by atoms with Gasteiger partial charge in [-0.05, 0) is 51.0 Å². The average Bonchev–Trinajstić information content (AvgIpc) is 2.86. The summed E-state index contributed by atoms with van der Waals surface area (Å²) in [5.41, 5.74) is 2.14. The van der Waals surface area contributed by atoms with Crippen molar-refractivity contribution >= 4 is 27.5 Å². The molecule has 0 radical (unpaired) electrons. The van der Waals surface area contributed by atoms with Gasteiger partial charge in [0, 0.05) is 19.2 Å². The monoisotopic (exact) mass is 503 g/mol. The minimum Gasteiger partial charge on any atom is -0.486 e. The van der Waals surface area contributed by atoms with E-state index in [4.69, 9.17) is 9.47 Å². The van der Waals surface area contributed by atoms with Crippen molar-refractivity contribution in [3.63, 3.8) is 0 Å². The van der Waals surface area contributed by atoms with Gasteiger partial charge in [0.15, 0.2) is 11.5 Å². The number of benzene rings is 2. The maximum Gasteiger partial charge on any atom is 0.244 e. The second kappa shape index (κ2) is 11.4. The lowest BCUT2D eigenvalue weighted by atomic mass is 10.1.